The van der Waals surface area contributed by atoms with E-state index in [2.05, 4.69) is 15.6 Å². The van der Waals surface area contributed by atoms with Gasteiger partial charge in [-0.3, -0.25) is 0 Å². The molecule has 1 aromatic rings. The number of sulfonamides is 1. The highest BCUT2D eigenvalue weighted by Crippen LogP contribution is 2.21. The Hall–Kier alpha value is -1.02. The monoisotopic (exact) mass is 420 g/mol. The normalized spacial score (nSPS) is 17.3. The number of nitrogens with zero attached hydrogens (tertiary/aromatic N) is 2. The number of aliphatic imine (C=N–C) groups is 1. The summed E-state index contributed by atoms with van der Waals surface area (Å²) in [6.07, 6.45) is 2.97. The molecule has 2 N–H and O–H groups in total. The zero-order valence-corrected chi connectivity index (χ0v) is 17.5. The van der Waals surface area contributed by atoms with Gasteiger partial charge in [-0.05, 0) is 43.4 Å². The van der Waals surface area contributed by atoms with Crippen LogP contribution in [-0.4, -0.2) is 51.1 Å². The maximum absolute atomic E-state index is 11.6. The molecule has 1 fully saturated rings. The molecule has 1 heterocycles. The number of piperidine rings is 1. The van der Waals surface area contributed by atoms with Crippen molar-refractivity contribution in [2.24, 2.45) is 10.9 Å². The van der Waals surface area contributed by atoms with Crippen LogP contribution in [0.5, 0.6) is 0 Å². The molecule has 26 heavy (non-hydrogen) atoms. The summed E-state index contributed by atoms with van der Waals surface area (Å²) in [5.41, 5.74) is 0.912. The van der Waals surface area contributed by atoms with Crippen molar-refractivity contribution in [3.8, 4) is 0 Å². The molecular formula is C17H26Cl2N4O2S. The molecule has 0 aliphatic carbocycles. The first-order valence-electron chi connectivity index (χ1n) is 8.70. The van der Waals surface area contributed by atoms with Crippen molar-refractivity contribution in [1.82, 2.24) is 14.9 Å². The summed E-state index contributed by atoms with van der Waals surface area (Å²) in [6.45, 7) is 5.15. The second-order valence-corrected chi connectivity index (χ2v) is 9.24. The first-order chi connectivity index (χ1) is 12.3. The van der Waals surface area contributed by atoms with Crippen LogP contribution in [0.3, 0.4) is 0 Å². The fraction of sp³-hybridized carbons (Fsp3) is 0.588. The molecular weight excluding hydrogens is 395 g/mol. The average Bonchev–Trinajstić information content (AvgIpc) is 2.58. The molecule has 0 aromatic heterocycles. The van der Waals surface area contributed by atoms with Gasteiger partial charge in [0.15, 0.2) is 5.96 Å². The molecule has 1 aliphatic rings. The highest BCUT2D eigenvalue weighted by Gasteiger charge is 2.24. The molecule has 0 radical (unpaired) electrons. The summed E-state index contributed by atoms with van der Waals surface area (Å²) < 4.78 is 24.7. The van der Waals surface area contributed by atoms with Crippen LogP contribution in [-0.2, 0) is 16.6 Å². The summed E-state index contributed by atoms with van der Waals surface area (Å²) in [4.78, 5) is 4.57. The number of hydrogen-bond acceptors (Lipinski definition) is 3. The Balaban J connectivity index is 1.88. The van der Waals surface area contributed by atoms with E-state index < -0.39 is 10.0 Å². The molecule has 9 heteroatoms. The van der Waals surface area contributed by atoms with E-state index in [1.165, 1.54) is 6.26 Å². The van der Waals surface area contributed by atoms with E-state index in [1.807, 2.05) is 13.0 Å². The maximum Gasteiger partial charge on any atom is 0.211 e. The van der Waals surface area contributed by atoms with Gasteiger partial charge in [0.25, 0.3) is 0 Å². The lowest BCUT2D eigenvalue weighted by Gasteiger charge is -2.30. The Morgan fingerprint density at radius 3 is 2.54 bits per heavy atom. The van der Waals surface area contributed by atoms with Gasteiger partial charge >= 0.3 is 0 Å². The van der Waals surface area contributed by atoms with Crippen LogP contribution in [0.4, 0.5) is 0 Å². The molecule has 6 nitrogen and oxygen atoms in total. The first-order valence-corrected chi connectivity index (χ1v) is 11.3. The highest BCUT2D eigenvalue weighted by atomic mass is 35.5. The number of benzene rings is 1. The Labute approximate surface area is 166 Å². The lowest BCUT2D eigenvalue weighted by atomic mass is 9.98. The van der Waals surface area contributed by atoms with Gasteiger partial charge in [-0.15, -0.1) is 0 Å². The van der Waals surface area contributed by atoms with E-state index in [0.29, 0.717) is 35.6 Å². The molecule has 1 aromatic carbocycles. The summed E-state index contributed by atoms with van der Waals surface area (Å²) in [5.74, 6) is 1.15. The molecule has 0 atom stereocenters. The van der Waals surface area contributed by atoms with E-state index in [9.17, 15) is 8.42 Å². The van der Waals surface area contributed by atoms with Crippen molar-refractivity contribution in [3.05, 3.63) is 33.8 Å². The first kappa shape index (κ1) is 21.3. The van der Waals surface area contributed by atoms with Crippen LogP contribution < -0.4 is 10.6 Å². The van der Waals surface area contributed by atoms with Gasteiger partial charge in [-0.2, -0.15) is 0 Å². The molecule has 1 aliphatic heterocycles. The summed E-state index contributed by atoms with van der Waals surface area (Å²) in [7, 11) is -3.08. The third-order valence-electron chi connectivity index (χ3n) is 4.37. The Kier molecular flexibility index (Phi) is 8.01. The van der Waals surface area contributed by atoms with Gasteiger partial charge in [0.2, 0.25) is 10.0 Å². The molecule has 1 saturated heterocycles. The van der Waals surface area contributed by atoms with Gasteiger partial charge in [0.1, 0.15) is 0 Å². The molecule has 0 spiro atoms. The third-order valence-corrected chi connectivity index (χ3v) is 6.26. The van der Waals surface area contributed by atoms with E-state index in [-0.39, 0.29) is 0 Å². The highest BCUT2D eigenvalue weighted by molar-refractivity contribution is 7.88. The predicted octanol–water partition coefficient (Wildman–Crippen LogP) is 2.72. The second kappa shape index (κ2) is 9.78. The Morgan fingerprint density at radius 2 is 1.96 bits per heavy atom. The SMILES string of the molecule is CCNC(=NCc1ccc(Cl)cc1Cl)NCC1CCN(S(C)(=O)=O)CC1. The standard InChI is InChI=1S/C17H26Cl2N4O2S/c1-3-20-17(22-12-14-4-5-15(18)10-16(14)19)21-11-13-6-8-23(9-7-13)26(2,24)25/h4-5,10,13H,3,6-9,11-12H2,1-2H3,(H2,20,21,22). The summed E-state index contributed by atoms with van der Waals surface area (Å²) >= 11 is 12.1. The second-order valence-electron chi connectivity index (χ2n) is 6.42. The van der Waals surface area contributed by atoms with Crippen LogP contribution in [0.25, 0.3) is 0 Å². The Bertz CT molecular complexity index is 732. The number of guanidine groups is 1. The van der Waals surface area contributed by atoms with Gasteiger partial charge in [-0.25, -0.2) is 17.7 Å². The van der Waals surface area contributed by atoms with Crippen LogP contribution in [0.1, 0.15) is 25.3 Å². The zero-order valence-electron chi connectivity index (χ0n) is 15.1. The predicted molar refractivity (Wildman–Crippen MR) is 108 cm³/mol. The smallest absolute Gasteiger partial charge is 0.211 e. The Morgan fingerprint density at radius 1 is 1.27 bits per heavy atom. The number of rotatable bonds is 6. The van der Waals surface area contributed by atoms with Crippen LogP contribution in [0.15, 0.2) is 23.2 Å². The van der Waals surface area contributed by atoms with Crippen molar-refractivity contribution in [3.63, 3.8) is 0 Å². The minimum atomic E-state index is -3.08. The van der Waals surface area contributed by atoms with Crippen molar-refractivity contribution in [2.75, 3.05) is 32.4 Å². The van der Waals surface area contributed by atoms with E-state index >= 15 is 0 Å². The summed E-state index contributed by atoms with van der Waals surface area (Å²) in [6, 6.07) is 5.39. The molecule has 0 amide bonds. The van der Waals surface area contributed by atoms with Crippen LogP contribution >= 0.6 is 23.2 Å². The minimum Gasteiger partial charge on any atom is -0.357 e. The molecule has 0 saturated carbocycles. The van der Waals surface area contributed by atoms with Crippen molar-refractivity contribution in [1.29, 1.82) is 0 Å². The average molecular weight is 421 g/mol. The lowest BCUT2D eigenvalue weighted by molar-refractivity contribution is 0.275. The fourth-order valence-electron chi connectivity index (χ4n) is 2.84. The zero-order chi connectivity index (χ0) is 19.2. The summed E-state index contributed by atoms with van der Waals surface area (Å²) in [5, 5.41) is 7.77. The number of hydrogen-bond donors (Lipinski definition) is 2. The number of halogens is 2. The molecule has 2 rings (SSSR count). The minimum absolute atomic E-state index is 0.427. The van der Waals surface area contributed by atoms with Crippen molar-refractivity contribution >= 4 is 39.2 Å². The van der Waals surface area contributed by atoms with Gasteiger partial charge in [0, 0.05) is 36.2 Å². The largest absolute Gasteiger partial charge is 0.357 e. The quantitative estimate of drug-likeness (QED) is 0.547. The molecule has 0 bridgehead atoms. The van der Waals surface area contributed by atoms with Gasteiger partial charge in [-0.1, -0.05) is 29.3 Å². The third kappa shape index (κ3) is 6.61. The maximum atomic E-state index is 11.6. The van der Waals surface area contributed by atoms with Crippen molar-refractivity contribution < 1.29 is 8.42 Å². The van der Waals surface area contributed by atoms with Crippen LogP contribution in [0.2, 0.25) is 10.0 Å². The number of nitrogens with one attached hydrogen (secondary N) is 2. The van der Waals surface area contributed by atoms with E-state index in [0.717, 1.165) is 37.5 Å². The van der Waals surface area contributed by atoms with E-state index in [4.69, 9.17) is 23.2 Å². The molecule has 0 unspecified atom stereocenters. The lowest BCUT2D eigenvalue weighted by Crippen LogP contribution is -2.44. The fourth-order valence-corrected chi connectivity index (χ4v) is 4.18. The molecule has 146 valence electrons. The van der Waals surface area contributed by atoms with Gasteiger partial charge < -0.3 is 10.6 Å². The topological polar surface area (TPSA) is 73.8 Å². The van der Waals surface area contributed by atoms with E-state index in [1.54, 1.807) is 16.4 Å². The van der Waals surface area contributed by atoms with Crippen molar-refractivity contribution in [2.45, 2.75) is 26.3 Å². The van der Waals surface area contributed by atoms with Crippen LogP contribution in [0, 0.1) is 5.92 Å². The van der Waals surface area contributed by atoms with Gasteiger partial charge in [0.05, 0.1) is 12.8 Å².